The highest BCUT2D eigenvalue weighted by atomic mass is 35.5. The Balaban J connectivity index is 3.21. The minimum Gasteiger partial charge on any atom is -0.469 e. The number of carbonyl (C=O) groups excluding carboxylic acids is 1. The Kier molecular flexibility index (Phi) is 5.08. The number of hydrogen-bond donors (Lipinski definition) is 0. The van der Waals surface area contributed by atoms with Crippen molar-refractivity contribution in [1.29, 1.82) is 0 Å². The van der Waals surface area contributed by atoms with Gasteiger partial charge in [0.05, 0.1) is 35.7 Å². The number of methoxy groups -OCH3 is 1. The summed E-state index contributed by atoms with van der Waals surface area (Å²) in [5.74, 6) is -0.682. The predicted octanol–water partition coefficient (Wildman–Crippen LogP) is 3.13. The van der Waals surface area contributed by atoms with Crippen LogP contribution < -0.4 is 0 Å². The van der Waals surface area contributed by atoms with Gasteiger partial charge >= 0.3 is 5.97 Å². The largest absolute Gasteiger partial charge is 0.469 e. The van der Waals surface area contributed by atoms with Crippen LogP contribution in [0.1, 0.15) is 23.2 Å². The van der Waals surface area contributed by atoms with E-state index in [-0.39, 0.29) is 23.0 Å². The van der Waals surface area contributed by atoms with Crippen molar-refractivity contribution in [3.05, 3.63) is 28.0 Å². The van der Waals surface area contributed by atoms with Crippen molar-refractivity contribution in [3.8, 4) is 0 Å². The summed E-state index contributed by atoms with van der Waals surface area (Å²) in [6, 6.07) is 0. The van der Waals surface area contributed by atoms with Crippen LogP contribution in [-0.2, 0) is 21.8 Å². The third kappa shape index (κ3) is 3.26. The molecule has 1 rings (SSSR count). The number of pyridine rings is 1. The fourth-order valence-corrected chi connectivity index (χ4v) is 1.82. The second-order valence-corrected chi connectivity index (χ2v) is 3.79. The van der Waals surface area contributed by atoms with Crippen molar-refractivity contribution in [3.63, 3.8) is 0 Å². The third-order valence-corrected chi connectivity index (χ3v) is 2.84. The molecule has 0 fully saturated rings. The summed E-state index contributed by atoms with van der Waals surface area (Å²) in [7, 11) is 1.17. The zero-order valence-corrected chi connectivity index (χ0v) is 10.4. The molecule has 0 bridgehead atoms. The smallest absolute Gasteiger partial charge is 0.311 e. The van der Waals surface area contributed by atoms with Gasteiger partial charge in [-0.25, -0.2) is 8.78 Å². The molecule has 7 heteroatoms. The predicted molar refractivity (Wildman–Crippen MR) is 59.5 cm³/mol. The van der Waals surface area contributed by atoms with Crippen molar-refractivity contribution < 1.29 is 18.3 Å². The number of aromatic nitrogens is 1. The van der Waals surface area contributed by atoms with E-state index < -0.39 is 18.0 Å². The van der Waals surface area contributed by atoms with Crippen LogP contribution in [0, 0.1) is 0 Å². The van der Waals surface area contributed by atoms with E-state index in [2.05, 4.69) is 9.72 Å². The first-order valence-electron chi connectivity index (χ1n) is 4.58. The zero-order valence-electron chi connectivity index (χ0n) is 8.84. The molecule has 17 heavy (non-hydrogen) atoms. The van der Waals surface area contributed by atoms with Crippen molar-refractivity contribution in [1.82, 2.24) is 4.98 Å². The van der Waals surface area contributed by atoms with Gasteiger partial charge < -0.3 is 4.74 Å². The maximum absolute atomic E-state index is 12.8. The number of nitrogens with zero attached hydrogens (tertiary/aromatic N) is 1. The first-order valence-corrected chi connectivity index (χ1v) is 5.49. The van der Waals surface area contributed by atoms with Crippen molar-refractivity contribution in [2.24, 2.45) is 0 Å². The maximum atomic E-state index is 12.8. The maximum Gasteiger partial charge on any atom is 0.311 e. The number of halogens is 4. The monoisotopic (exact) mass is 283 g/mol. The standard InChI is InChI=1S/C10H9Cl2F2NO2/c1-17-7(16)2-6-8(10(13)14)9(12)5(3-11)4-15-6/h4,10H,2-3H2,1H3. The SMILES string of the molecule is COC(=O)Cc1ncc(CCl)c(Cl)c1C(F)F. The first-order chi connectivity index (χ1) is 8.01. The average molecular weight is 284 g/mol. The molecule has 0 unspecified atom stereocenters. The van der Waals surface area contributed by atoms with Gasteiger partial charge in [0.25, 0.3) is 6.43 Å². The number of rotatable bonds is 4. The Morgan fingerprint density at radius 3 is 2.71 bits per heavy atom. The van der Waals surface area contributed by atoms with Gasteiger partial charge in [0.2, 0.25) is 0 Å². The molecule has 0 radical (unpaired) electrons. The molecule has 0 N–H and O–H groups in total. The van der Waals surface area contributed by atoms with Crippen LogP contribution in [0.25, 0.3) is 0 Å². The summed E-state index contributed by atoms with van der Waals surface area (Å²) in [6.45, 7) is 0. The Hall–Kier alpha value is -0.940. The Morgan fingerprint density at radius 2 is 2.24 bits per heavy atom. The third-order valence-electron chi connectivity index (χ3n) is 2.11. The van der Waals surface area contributed by atoms with Gasteiger partial charge in [-0.05, 0) is 0 Å². The molecule has 0 aliphatic heterocycles. The van der Waals surface area contributed by atoms with Crippen LogP contribution in [0.4, 0.5) is 8.78 Å². The fraction of sp³-hybridized carbons (Fsp3) is 0.400. The molecule has 0 spiro atoms. The van der Waals surface area contributed by atoms with E-state index in [4.69, 9.17) is 23.2 Å². The molecule has 94 valence electrons. The van der Waals surface area contributed by atoms with Crippen LogP contribution >= 0.6 is 23.2 Å². The zero-order chi connectivity index (χ0) is 13.0. The highest BCUT2D eigenvalue weighted by Crippen LogP contribution is 2.32. The topological polar surface area (TPSA) is 39.2 Å². The lowest BCUT2D eigenvalue weighted by Crippen LogP contribution is -2.10. The van der Waals surface area contributed by atoms with E-state index >= 15 is 0 Å². The first kappa shape index (κ1) is 14.1. The number of carbonyl (C=O) groups is 1. The van der Waals surface area contributed by atoms with Crippen molar-refractivity contribution >= 4 is 29.2 Å². The molecular formula is C10H9Cl2F2NO2. The molecule has 1 aromatic rings. The molecule has 0 aromatic carbocycles. The Bertz CT molecular complexity index is 427. The molecule has 3 nitrogen and oxygen atoms in total. The quantitative estimate of drug-likeness (QED) is 0.630. The lowest BCUT2D eigenvalue weighted by Gasteiger charge is -2.11. The molecule has 0 amide bonds. The van der Waals surface area contributed by atoms with Crippen LogP contribution in [0.2, 0.25) is 5.02 Å². The van der Waals surface area contributed by atoms with Gasteiger partial charge in [0.15, 0.2) is 0 Å². The van der Waals surface area contributed by atoms with Crippen molar-refractivity contribution in [2.45, 2.75) is 18.7 Å². The van der Waals surface area contributed by atoms with Crippen LogP contribution in [-0.4, -0.2) is 18.1 Å². The lowest BCUT2D eigenvalue weighted by atomic mass is 10.1. The fourth-order valence-electron chi connectivity index (χ4n) is 1.25. The normalized spacial score (nSPS) is 10.7. The number of ether oxygens (including phenoxy) is 1. The molecule has 0 saturated carbocycles. The second-order valence-electron chi connectivity index (χ2n) is 3.15. The number of esters is 1. The molecular weight excluding hydrogens is 275 g/mol. The van der Waals surface area contributed by atoms with Crippen LogP contribution in [0.5, 0.6) is 0 Å². The van der Waals surface area contributed by atoms with Crippen LogP contribution in [0.15, 0.2) is 6.20 Å². The van der Waals surface area contributed by atoms with E-state index in [1.165, 1.54) is 13.3 Å². The molecule has 0 aliphatic rings. The van der Waals surface area contributed by atoms with Crippen molar-refractivity contribution in [2.75, 3.05) is 7.11 Å². The summed E-state index contributed by atoms with van der Waals surface area (Å²) >= 11 is 11.3. The lowest BCUT2D eigenvalue weighted by molar-refractivity contribution is -0.139. The van der Waals surface area contributed by atoms with E-state index in [0.29, 0.717) is 5.56 Å². The molecule has 0 atom stereocenters. The second kappa shape index (κ2) is 6.12. The molecule has 1 aromatic heterocycles. The highest BCUT2D eigenvalue weighted by molar-refractivity contribution is 6.33. The van der Waals surface area contributed by atoms with E-state index in [9.17, 15) is 13.6 Å². The summed E-state index contributed by atoms with van der Waals surface area (Å²) in [5, 5.41) is -0.149. The Morgan fingerprint density at radius 1 is 1.59 bits per heavy atom. The van der Waals surface area contributed by atoms with Gasteiger partial charge in [-0.3, -0.25) is 9.78 Å². The van der Waals surface area contributed by atoms with Gasteiger partial charge in [0, 0.05) is 11.8 Å². The summed E-state index contributed by atoms with van der Waals surface area (Å²) in [5.41, 5.74) is -0.252. The van der Waals surface area contributed by atoms with E-state index in [1.807, 2.05) is 0 Å². The van der Waals surface area contributed by atoms with Gasteiger partial charge in [-0.15, -0.1) is 11.6 Å². The minimum atomic E-state index is -2.82. The highest BCUT2D eigenvalue weighted by Gasteiger charge is 2.22. The molecule has 0 saturated heterocycles. The average Bonchev–Trinajstić information content (AvgIpc) is 2.28. The summed E-state index contributed by atoms with van der Waals surface area (Å²) in [4.78, 5) is 14.8. The van der Waals surface area contributed by atoms with E-state index in [1.54, 1.807) is 0 Å². The Labute approximate surface area is 107 Å². The van der Waals surface area contributed by atoms with Crippen LogP contribution in [0.3, 0.4) is 0 Å². The molecule has 1 heterocycles. The van der Waals surface area contributed by atoms with Gasteiger partial charge in [-0.1, -0.05) is 11.6 Å². The minimum absolute atomic E-state index is 0.0238. The number of alkyl halides is 3. The molecule has 0 aliphatic carbocycles. The van der Waals surface area contributed by atoms with Gasteiger partial charge in [-0.2, -0.15) is 0 Å². The summed E-state index contributed by atoms with van der Waals surface area (Å²) < 4.78 is 30.1. The van der Waals surface area contributed by atoms with Gasteiger partial charge in [0.1, 0.15) is 0 Å². The summed E-state index contributed by atoms with van der Waals surface area (Å²) in [6.07, 6.45) is -1.89. The van der Waals surface area contributed by atoms with E-state index in [0.717, 1.165) is 0 Å². The number of hydrogen-bond acceptors (Lipinski definition) is 3.